The van der Waals surface area contributed by atoms with Gasteiger partial charge >= 0.3 is 0 Å². The Morgan fingerprint density at radius 1 is 1.20 bits per heavy atom. The van der Waals surface area contributed by atoms with E-state index in [0.717, 1.165) is 31.2 Å². The van der Waals surface area contributed by atoms with Crippen LogP contribution in [-0.2, 0) is 10.0 Å². The summed E-state index contributed by atoms with van der Waals surface area (Å²) in [6.45, 7) is 1.85. The molecule has 0 saturated heterocycles. The van der Waals surface area contributed by atoms with E-state index in [1.807, 2.05) is 19.1 Å². The molecule has 1 aliphatic carbocycles. The summed E-state index contributed by atoms with van der Waals surface area (Å²) in [6, 6.07) is 7.08. The summed E-state index contributed by atoms with van der Waals surface area (Å²) in [5.74, 6) is 0. The van der Waals surface area contributed by atoms with Crippen LogP contribution in [-0.4, -0.2) is 37.0 Å². The minimum atomic E-state index is -3.52. The second-order valence-corrected chi connectivity index (χ2v) is 7.26. The van der Waals surface area contributed by atoms with Crippen molar-refractivity contribution in [2.75, 3.05) is 13.2 Å². The molecule has 1 aliphatic rings. The number of hydrogen-bond acceptors (Lipinski definition) is 3. The van der Waals surface area contributed by atoms with Gasteiger partial charge in [-0.1, -0.05) is 37.5 Å². The fourth-order valence-electron chi connectivity index (χ4n) is 2.94. The van der Waals surface area contributed by atoms with E-state index in [1.54, 1.807) is 12.1 Å². The molecule has 0 unspecified atom stereocenters. The topological polar surface area (TPSA) is 57.6 Å². The Morgan fingerprint density at radius 2 is 1.85 bits per heavy atom. The molecule has 1 aromatic carbocycles. The standard InChI is InChI=1S/C15H23NO3S/c1-13-7-5-6-10-15(13)20(18,19)16(11-12-17)14-8-3-2-4-9-14/h5-7,10,14,17H,2-4,8-9,11-12H2,1H3. The predicted molar refractivity (Wildman–Crippen MR) is 79.0 cm³/mol. The molecule has 0 spiro atoms. The zero-order valence-corrected chi connectivity index (χ0v) is 12.8. The Hall–Kier alpha value is -0.910. The van der Waals surface area contributed by atoms with Crippen molar-refractivity contribution in [1.82, 2.24) is 4.31 Å². The van der Waals surface area contributed by atoms with Gasteiger partial charge in [0, 0.05) is 12.6 Å². The normalized spacial score (nSPS) is 17.6. The molecule has 4 nitrogen and oxygen atoms in total. The number of aliphatic hydroxyl groups is 1. The SMILES string of the molecule is Cc1ccccc1S(=O)(=O)N(CCO)C1CCCCC1. The molecule has 1 saturated carbocycles. The van der Waals surface area contributed by atoms with Crippen LogP contribution in [0.2, 0.25) is 0 Å². The molecule has 0 atom stereocenters. The first-order chi connectivity index (χ1) is 9.57. The number of aryl methyl sites for hydroxylation is 1. The van der Waals surface area contributed by atoms with Crippen LogP contribution >= 0.6 is 0 Å². The van der Waals surface area contributed by atoms with E-state index in [4.69, 9.17) is 0 Å². The van der Waals surface area contributed by atoms with Crippen molar-refractivity contribution < 1.29 is 13.5 Å². The van der Waals surface area contributed by atoms with E-state index in [0.29, 0.717) is 4.90 Å². The zero-order chi connectivity index (χ0) is 14.6. The molecule has 0 aliphatic heterocycles. The number of benzene rings is 1. The summed E-state index contributed by atoms with van der Waals surface area (Å²) in [4.78, 5) is 0.360. The van der Waals surface area contributed by atoms with Crippen molar-refractivity contribution in [3.05, 3.63) is 29.8 Å². The van der Waals surface area contributed by atoms with Gasteiger partial charge in [0.05, 0.1) is 11.5 Å². The van der Waals surface area contributed by atoms with E-state index in [2.05, 4.69) is 0 Å². The van der Waals surface area contributed by atoms with E-state index in [1.165, 1.54) is 10.7 Å². The smallest absolute Gasteiger partial charge is 0.243 e. The Balaban J connectivity index is 2.34. The second kappa shape index (κ2) is 6.70. The predicted octanol–water partition coefficient (Wildman–Crippen LogP) is 2.31. The fourth-order valence-corrected chi connectivity index (χ4v) is 4.84. The van der Waals surface area contributed by atoms with Crippen molar-refractivity contribution in [3.63, 3.8) is 0 Å². The highest BCUT2D eigenvalue weighted by molar-refractivity contribution is 7.89. The van der Waals surface area contributed by atoms with Crippen molar-refractivity contribution in [2.45, 2.75) is 50.0 Å². The fraction of sp³-hybridized carbons (Fsp3) is 0.600. The third kappa shape index (κ3) is 3.22. The molecule has 1 N–H and O–H groups in total. The second-order valence-electron chi connectivity index (χ2n) is 5.40. The highest BCUT2D eigenvalue weighted by Crippen LogP contribution is 2.28. The molecule has 0 radical (unpaired) electrons. The van der Waals surface area contributed by atoms with Crippen LogP contribution in [0.1, 0.15) is 37.7 Å². The summed E-state index contributed by atoms with van der Waals surface area (Å²) >= 11 is 0. The van der Waals surface area contributed by atoms with E-state index < -0.39 is 10.0 Å². The summed E-state index contributed by atoms with van der Waals surface area (Å²) < 4.78 is 27.2. The van der Waals surface area contributed by atoms with Gasteiger partial charge in [0.25, 0.3) is 0 Å². The van der Waals surface area contributed by atoms with E-state index in [9.17, 15) is 13.5 Å². The summed E-state index contributed by atoms with van der Waals surface area (Å²) in [5, 5.41) is 9.24. The lowest BCUT2D eigenvalue weighted by Crippen LogP contribution is -2.43. The first kappa shape index (κ1) is 15.5. The van der Waals surface area contributed by atoms with Gasteiger partial charge in [0.2, 0.25) is 10.0 Å². The Labute approximate surface area is 121 Å². The third-order valence-electron chi connectivity index (χ3n) is 3.98. The molecule has 0 amide bonds. The number of rotatable bonds is 5. The lowest BCUT2D eigenvalue weighted by Gasteiger charge is -2.33. The van der Waals surface area contributed by atoms with Gasteiger partial charge in [-0.15, -0.1) is 0 Å². The molecule has 112 valence electrons. The Kier molecular flexibility index (Phi) is 5.18. The molecule has 0 aromatic heterocycles. The molecular weight excluding hydrogens is 274 g/mol. The van der Waals surface area contributed by atoms with Gasteiger partial charge in [-0.25, -0.2) is 8.42 Å². The van der Waals surface area contributed by atoms with Crippen LogP contribution in [0.5, 0.6) is 0 Å². The summed E-state index contributed by atoms with van der Waals surface area (Å²) in [7, 11) is -3.52. The van der Waals surface area contributed by atoms with Crippen LogP contribution in [0.25, 0.3) is 0 Å². The minimum absolute atomic E-state index is 0.0282. The van der Waals surface area contributed by atoms with Crippen LogP contribution in [0.15, 0.2) is 29.2 Å². The zero-order valence-electron chi connectivity index (χ0n) is 12.0. The lowest BCUT2D eigenvalue weighted by atomic mass is 9.95. The largest absolute Gasteiger partial charge is 0.395 e. The van der Waals surface area contributed by atoms with Gasteiger partial charge in [-0.2, -0.15) is 4.31 Å². The number of sulfonamides is 1. The van der Waals surface area contributed by atoms with Crippen LogP contribution in [0.3, 0.4) is 0 Å². The van der Waals surface area contributed by atoms with Crippen LogP contribution < -0.4 is 0 Å². The molecule has 2 rings (SSSR count). The van der Waals surface area contributed by atoms with Gasteiger partial charge in [-0.3, -0.25) is 0 Å². The van der Waals surface area contributed by atoms with Crippen LogP contribution in [0, 0.1) is 6.92 Å². The van der Waals surface area contributed by atoms with E-state index >= 15 is 0 Å². The number of nitrogens with zero attached hydrogens (tertiary/aromatic N) is 1. The monoisotopic (exact) mass is 297 g/mol. The third-order valence-corrected chi connectivity index (χ3v) is 6.09. The highest BCUT2D eigenvalue weighted by Gasteiger charge is 2.32. The lowest BCUT2D eigenvalue weighted by molar-refractivity contribution is 0.199. The van der Waals surface area contributed by atoms with Crippen LogP contribution in [0.4, 0.5) is 0 Å². The van der Waals surface area contributed by atoms with Crippen molar-refractivity contribution in [2.24, 2.45) is 0 Å². The Morgan fingerprint density at radius 3 is 2.45 bits per heavy atom. The van der Waals surface area contributed by atoms with Gasteiger partial charge in [-0.05, 0) is 31.4 Å². The number of hydrogen-bond donors (Lipinski definition) is 1. The summed E-state index contributed by atoms with van der Waals surface area (Å²) in [5.41, 5.74) is 0.756. The Bertz CT molecular complexity index is 536. The van der Waals surface area contributed by atoms with Gasteiger partial charge in [0.1, 0.15) is 0 Å². The molecular formula is C15H23NO3S. The first-order valence-electron chi connectivity index (χ1n) is 7.25. The van der Waals surface area contributed by atoms with Crippen molar-refractivity contribution >= 4 is 10.0 Å². The molecule has 0 heterocycles. The maximum atomic E-state index is 12.9. The molecule has 5 heteroatoms. The summed E-state index contributed by atoms with van der Waals surface area (Å²) in [6.07, 6.45) is 5.09. The number of aliphatic hydroxyl groups excluding tert-OH is 1. The molecule has 1 aromatic rings. The molecule has 1 fully saturated rings. The molecule has 0 bridgehead atoms. The molecule has 20 heavy (non-hydrogen) atoms. The average molecular weight is 297 g/mol. The minimum Gasteiger partial charge on any atom is -0.395 e. The van der Waals surface area contributed by atoms with Gasteiger partial charge < -0.3 is 5.11 Å². The maximum absolute atomic E-state index is 12.9. The van der Waals surface area contributed by atoms with Crippen molar-refractivity contribution in [3.8, 4) is 0 Å². The first-order valence-corrected chi connectivity index (χ1v) is 8.69. The van der Waals surface area contributed by atoms with Crippen molar-refractivity contribution in [1.29, 1.82) is 0 Å². The average Bonchev–Trinajstić information content (AvgIpc) is 2.45. The highest BCUT2D eigenvalue weighted by atomic mass is 32.2. The quantitative estimate of drug-likeness (QED) is 0.907. The van der Waals surface area contributed by atoms with E-state index in [-0.39, 0.29) is 19.2 Å². The maximum Gasteiger partial charge on any atom is 0.243 e. The van der Waals surface area contributed by atoms with Gasteiger partial charge in [0.15, 0.2) is 0 Å².